The number of fused-ring (bicyclic) bond motifs is 1. The number of morpholine rings is 1. The van der Waals surface area contributed by atoms with Crippen molar-refractivity contribution in [2.45, 2.75) is 6.92 Å². The fourth-order valence-corrected chi connectivity index (χ4v) is 4.57. The van der Waals surface area contributed by atoms with Gasteiger partial charge in [0.05, 0.1) is 32.6 Å². The fourth-order valence-electron chi connectivity index (χ4n) is 4.57. The second-order valence-electron chi connectivity index (χ2n) is 9.19. The molecule has 1 aromatic heterocycles. The number of nitrogens with one attached hydrogen (secondary N) is 2. The molecule has 0 bridgehead atoms. The third-order valence-electron chi connectivity index (χ3n) is 6.73. The van der Waals surface area contributed by atoms with Crippen LogP contribution in [-0.2, 0) is 4.74 Å². The normalized spacial score (nSPS) is 14.3. The van der Waals surface area contributed by atoms with Gasteiger partial charge < -0.3 is 24.8 Å². The van der Waals surface area contributed by atoms with Gasteiger partial charge in [0.1, 0.15) is 11.5 Å². The summed E-state index contributed by atoms with van der Waals surface area (Å²) in [6.07, 6.45) is 1.67. The summed E-state index contributed by atoms with van der Waals surface area (Å²) in [5, 5.41) is 8.56. The maximum atomic E-state index is 6.18. The molecule has 202 valence electrons. The van der Waals surface area contributed by atoms with Gasteiger partial charge in [-0.3, -0.25) is 9.89 Å². The lowest BCUT2D eigenvalue weighted by atomic mass is 10.1. The number of nitrogens with zero attached hydrogens (tertiary/aromatic N) is 4. The molecule has 0 amide bonds. The van der Waals surface area contributed by atoms with Crippen LogP contribution in [0.5, 0.6) is 17.4 Å². The number of methoxy groups -OCH3 is 1. The van der Waals surface area contributed by atoms with E-state index in [1.807, 2.05) is 62.5 Å². The van der Waals surface area contributed by atoms with Crippen molar-refractivity contribution >= 4 is 33.8 Å². The summed E-state index contributed by atoms with van der Waals surface area (Å²) in [5.41, 5.74) is 3.77. The minimum Gasteiger partial charge on any atom is -0.495 e. The van der Waals surface area contributed by atoms with Crippen LogP contribution < -0.4 is 20.1 Å². The van der Waals surface area contributed by atoms with E-state index in [0.29, 0.717) is 17.6 Å². The molecule has 3 aromatic carbocycles. The highest BCUT2D eigenvalue weighted by Gasteiger charge is 2.12. The third-order valence-corrected chi connectivity index (χ3v) is 6.73. The maximum Gasteiger partial charge on any atom is 0.230 e. The zero-order valence-corrected chi connectivity index (χ0v) is 22.6. The third kappa shape index (κ3) is 6.45. The summed E-state index contributed by atoms with van der Waals surface area (Å²) in [6, 6.07) is 19.7. The minimum absolute atomic E-state index is 0.408. The largest absolute Gasteiger partial charge is 0.495 e. The summed E-state index contributed by atoms with van der Waals surface area (Å²) in [6.45, 7) is 7.25. The number of aromatic nitrogens is 2. The average Bonchev–Trinajstić information content (AvgIpc) is 2.98. The first kappa shape index (κ1) is 26.4. The second-order valence-corrected chi connectivity index (χ2v) is 9.19. The van der Waals surface area contributed by atoms with Crippen LogP contribution in [0.25, 0.3) is 10.8 Å². The summed E-state index contributed by atoms with van der Waals surface area (Å²) in [4.78, 5) is 16.1. The van der Waals surface area contributed by atoms with Crippen molar-refractivity contribution in [1.29, 1.82) is 0 Å². The summed E-state index contributed by atoms with van der Waals surface area (Å²) < 4.78 is 17.3. The average molecular weight is 527 g/mol. The van der Waals surface area contributed by atoms with Gasteiger partial charge in [0.15, 0.2) is 0 Å². The van der Waals surface area contributed by atoms with Crippen molar-refractivity contribution in [2.75, 3.05) is 64.2 Å². The molecule has 1 aliphatic heterocycles. The van der Waals surface area contributed by atoms with Crippen molar-refractivity contribution in [2.24, 2.45) is 4.99 Å². The highest BCUT2D eigenvalue weighted by atomic mass is 16.5. The molecule has 0 radical (unpaired) electrons. The number of anilines is 3. The SMILES string of the molecule is CNc1ccc(Oc2ccnc(Nc3ccc(C(C)=NCCN4CCOCC4)cc3OC)n2)c2ccccc12. The van der Waals surface area contributed by atoms with Gasteiger partial charge in [0, 0.05) is 61.1 Å². The zero-order valence-electron chi connectivity index (χ0n) is 22.6. The van der Waals surface area contributed by atoms with E-state index in [-0.39, 0.29) is 0 Å². The Morgan fingerprint density at radius 1 is 1.00 bits per heavy atom. The molecule has 9 heteroatoms. The molecule has 0 aliphatic carbocycles. The number of rotatable bonds is 10. The van der Waals surface area contributed by atoms with E-state index in [1.165, 1.54) is 0 Å². The van der Waals surface area contributed by atoms with Crippen LogP contribution in [0.1, 0.15) is 12.5 Å². The van der Waals surface area contributed by atoms with Crippen LogP contribution in [0, 0.1) is 0 Å². The van der Waals surface area contributed by atoms with Crippen molar-refractivity contribution in [3.8, 4) is 17.4 Å². The lowest BCUT2D eigenvalue weighted by Gasteiger charge is -2.25. The zero-order chi connectivity index (χ0) is 27.0. The van der Waals surface area contributed by atoms with Crippen LogP contribution in [0.4, 0.5) is 17.3 Å². The number of ether oxygens (including phenoxy) is 3. The highest BCUT2D eigenvalue weighted by Crippen LogP contribution is 2.34. The molecule has 5 rings (SSSR count). The summed E-state index contributed by atoms with van der Waals surface area (Å²) >= 11 is 0. The van der Waals surface area contributed by atoms with Crippen LogP contribution >= 0.6 is 0 Å². The quantitative estimate of drug-likeness (QED) is 0.267. The smallest absolute Gasteiger partial charge is 0.230 e. The van der Waals surface area contributed by atoms with E-state index in [4.69, 9.17) is 19.2 Å². The maximum absolute atomic E-state index is 6.18. The molecule has 0 atom stereocenters. The molecular formula is C30H34N6O3. The number of aliphatic imine (C=N–C) groups is 1. The molecule has 1 aliphatic rings. The number of hydrogen-bond acceptors (Lipinski definition) is 9. The molecule has 0 unspecified atom stereocenters. The molecular weight excluding hydrogens is 492 g/mol. The molecule has 39 heavy (non-hydrogen) atoms. The van der Waals surface area contributed by atoms with E-state index >= 15 is 0 Å². The van der Waals surface area contributed by atoms with Crippen LogP contribution in [-0.4, -0.2) is 74.1 Å². The van der Waals surface area contributed by atoms with Gasteiger partial charge in [0.2, 0.25) is 11.8 Å². The predicted octanol–water partition coefficient (Wildman–Crippen LogP) is 5.36. The Bertz CT molecular complexity index is 1450. The van der Waals surface area contributed by atoms with E-state index in [9.17, 15) is 0 Å². The monoisotopic (exact) mass is 526 g/mol. The van der Waals surface area contributed by atoms with Gasteiger partial charge in [-0.1, -0.05) is 30.3 Å². The van der Waals surface area contributed by atoms with Gasteiger partial charge in [-0.2, -0.15) is 4.98 Å². The van der Waals surface area contributed by atoms with Crippen LogP contribution in [0.2, 0.25) is 0 Å². The van der Waals surface area contributed by atoms with E-state index < -0.39 is 0 Å². The molecule has 4 aromatic rings. The Morgan fingerprint density at radius 2 is 1.79 bits per heavy atom. The molecule has 0 saturated carbocycles. The Hall–Kier alpha value is -4.21. The van der Waals surface area contributed by atoms with Crippen molar-refractivity contribution in [3.63, 3.8) is 0 Å². The van der Waals surface area contributed by atoms with Gasteiger partial charge in [-0.15, -0.1) is 0 Å². The van der Waals surface area contributed by atoms with E-state index in [0.717, 1.165) is 78.6 Å². The Morgan fingerprint density at radius 3 is 2.59 bits per heavy atom. The predicted molar refractivity (Wildman–Crippen MR) is 156 cm³/mol. The highest BCUT2D eigenvalue weighted by molar-refractivity contribution is 6.00. The Labute approximate surface area is 228 Å². The van der Waals surface area contributed by atoms with Crippen LogP contribution in [0.3, 0.4) is 0 Å². The molecule has 0 spiro atoms. The molecule has 1 fully saturated rings. The minimum atomic E-state index is 0.408. The Balaban J connectivity index is 1.29. The van der Waals surface area contributed by atoms with Crippen molar-refractivity contribution in [3.05, 3.63) is 72.4 Å². The van der Waals surface area contributed by atoms with Gasteiger partial charge >= 0.3 is 0 Å². The lowest BCUT2D eigenvalue weighted by Crippen LogP contribution is -2.37. The van der Waals surface area contributed by atoms with Gasteiger partial charge in [-0.25, -0.2) is 4.98 Å². The summed E-state index contributed by atoms with van der Waals surface area (Å²) in [5.74, 6) is 2.25. The first-order valence-corrected chi connectivity index (χ1v) is 13.1. The van der Waals surface area contributed by atoms with Gasteiger partial charge in [0.25, 0.3) is 0 Å². The Kier molecular flexibility index (Phi) is 8.50. The van der Waals surface area contributed by atoms with Crippen LogP contribution in [0.15, 0.2) is 71.9 Å². The number of hydrogen-bond donors (Lipinski definition) is 2. The second kappa shape index (κ2) is 12.6. The van der Waals surface area contributed by atoms with Crippen molar-refractivity contribution in [1.82, 2.24) is 14.9 Å². The first-order chi connectivity index (χ1) is 19.1. The molecule has 1 saturated heterocycles. The first-order valence-electron chi connectivity index (χ1n) is 13.1. The fraction of sp³-hybridized carbons (Fsp3) is 0.300. The molecule has 2 heterocycles. The topological polar surface area (TPSA) is 93.1 Å². The van der Waals surface area contributed by atoms with Gasteiger partial charge in [-0.05, 0) is 36.8 Å². The number of benzene rings is 3. The lowest BCUT2D eigenvalue weighted by molar-refractivity contribution is 0.0394. The molecule has 2 N–H and O–H groups in total. The van der Waals surface area contributed by atoms with E-state index in [1.54, 1.807) is 19.4 Å². The summed E-state index contributed by atoms with van der Waals surface area (Å²) in [7, 11) is 3.56. The van der Waals surface area contributed by atoms with E-state index in [2.05, 4.69) is 31.6 Å². The molecule has 9 nitrogen and oxygen atoms in total. The van der Waals surface area contributed by atoms with Crippen molar-refractivity contribution < 1.29 is 14.2 Å². The standard InChI is InChI=1S/C30H34N6O3/c1-21(32-14-15-36-16-18-38-19-17-36)22-8-9-26(28(20-22)37-3)34-30-33-13-12-29(35-30)39-27-11-10-25(31-2)23-6-4-5-7-24(23)27/h4-13,20,31H,14-19H2,1-3H3,(H,33,34,35).